The molecule has 1 saturated heterocycles. The lowest BCUT2D eigenvalue weighted by molar-refractivity contribution is -0.384. The fourth-order valence-corrected chi connectivity index (χ4v) is 3.77. The highest BCUT2D eigenvalue weighted by molar-refractivity contribution is 5.76. The average Bonchev–Trinajstić information content (AvgIpc) is 3.09. The maximum atomic E-state index is 12.6. The molecule has 0 aliphatic carbocycles. The number of para-hydroxylation sites is 2. The Morgan fingerprint density at radius 3 is 2.43 bits per heavy atom. The second kappa shape index (κ2) is 8.40. The van der Waals surface area contributed by atoms with Crippen molar-refractivity contribution >= 4 is 28.4 Å². The van der Waals surface area contributed by atoms with Gasteiger partial charge in [0.2, 0.25) is 5.91 Å². The van der Waals surface area contributed by atoms with E-state index < -0.39 is 10.7 Å². The molecule has 0 unspecified atom stereocenters. The summed E-state index contributed by atoms with van der Waals surface area (Å²) in [5.74, 6) is -0.334. The van der Waals surface area contributed by atoms with Gasteiger partial charge in [-0.3, -0.25) is 19.5 Å². The molecule has 0 saturated carbocycles. The van der Waals surface area contributed by atoms with Crippen LogP contribution in [0.4, 0.5) is 11.4 Å². The quantitative estimate of drug-likeness (QED) is 0.457. The largest absolute Gasteiger partial charge is 0.419 e. The van der Waals surface area contributed by atoms with E-state index in [4.69, 9.17) is 4.42 Å². The number of aryl methyl sites for hydroxylation is 1. The molecular formula is C21H22N4O5. The summed E-state index contributed by atoms with van der Waals surface area (Å²) in [7, 11) is 0. The second-order valence-electron chi connectivity index (χ2n) is 7.23. The van der Waals surface area contributed by atoms with E-state index in [-0.39, 0.29) is 11.6 Å². The number of nitro benzene ring substituents is 1. The normalized spacial score (nSPS) is 14.3. The molecule has 4 rings (SSSR count). The maximum Gasteiger partial charge on any atom is 0.419 e. The van der Waals surface area contributed by atoms with Crippen molar-refractivity contribution in [3.8, 4) is 0 Å². The van der Waals surface area contributed by atoms with Gasteiger partial charge >= 0.3 is 5.76 Å². The van der Waals surface area contributed by atoms with E-state index in [1.807, 2.05) is 23.1 Å². The van der Waals surface area contributed by atoms with Crippen molar-refractivity contribution in [3.05, 3.63) is 69.2 Å². The molecule has 2 heterocycles. The first kappa shape index (κ1) is 19.7. The molecule has 0 bridgehead atoms. The zero-order valence-electron chi connectivity index (χ0n) is 16.4. The van der Waals surface area contributed by atoms with Crippen molar-refractivity contribution in [1.82, 2.24) is 9.47 Å². The first-order chi connectivity index (χ1) is 14.5. The summed E-state index contributed by atoms with van der Waals surface area (Å²) >= 11 is 0. The lowest BCUT2D eigenvalue weighted by atomic mass is 10.2. The second-order valence-corrected chi connectivity index (χ2v) is 7.23. The first-order valence-electron chi connectivity index (χ1n) is 9.88. The number of non-ortho nitro benzene ring substituents is 1. The molecule has 9 nitrogen and oxygen atoms in total. The van der Waals surface area contributed by atoms with Gasteiger partial charge in [-0.2, -0.15) is 0 Å². The molecule has 156 valence electrons. The highest BCUT2D eigenvalue weighted by Crippen LogP contribution is 2.21. The Bertz CT molecular complexity index is 1110. The van der Waals surface area contributed by atoms with Crippen LogP contribution >= 0.6 is 0 Å². The average molecular weight is 410 g/mol. The lowest BCUT2D eigenvalue weighted by Crippen LogP contribution is -2.48. The van der Waals surface area contributed by atoms with Gasteiger partial charge in [-0.25, -0.2) is 4.79 Å². The van der Waals surface area contributed by atoms with Crippen LogP contribution < -0.4 is 10.7 Å². The number of oxazole rings is 1. The summed E-state index contributed by atoms with van der Waals surface area (Å²) in [5.41, 5.74) is 2.28. The van der Waals surface area contributed by atoms with E-state index in [1.165, 1.54) is 12.1 Å². The Morgan fingerprint density at radius 2 is 1.73 bits per heavy atom. The van der Waals surface area contributed by atoms with Crippen LogP contribution in [-0.2, 0) is 11.3 Å². The van der Waals surface area contributed by atoms with Crippen LogP contribution in [0, 0.1) is 10.1 Å². The van der Waals surface area contributed by atoms with E-state index in [9.17, 15) is 19.7 Å². The van der Waals surface area contributed by atoms with Crippen molar-refractivity contribution in [1.29, 1.82) is 0 Å². The van der Waals surface area contributed by atoms with Crippen LogP contribution in [0.15, 0.2) is 57.7 Å². The number of nitro groups is 1. The van der Waals surface area contributed by atoms with Gasteiger partial charge in [0.1, 0.15) is 0 Å². The number of carbonyl (C=O) groups is 1. The number of piperazine rings is 1. The molecule has 1 amide bonds. The SMILES string of the molecule is O=C(CCCn1c(=O)oc2ccccc21)N1CCN(c2ccc([N+](=O)[O-])cc2)CC1. The zero-order chi connectivity index (χ0) is 21.1. The van der Waals surface area contributed by atoms with Crippen molar-refractivity contribution < 1.29 is 14.1 Å². The fourth-order valence-electron chi connectivity index (χ4n) is 3.77. The Balaban J connectivity index is 1.28. The Labute approximate surface area is 172 Å². The number of benzene rings is 2. The molecule has 3 aromatic rings. The monoisotopic (exact) mass is 410 g/mol. The minimum Gasteiger partial charge on any atom is -0.408 e. The van der Waals surface area contributed by atoms with Gasteiger partial charge in [0.25, 0.3) is 5.69 Å². The molecule has 1 fully saturated rings. The minimum atomic E-state index is -0.416. The molecule has 1 aliphatic rings. The predicted molar refractivity (Wildman–Crippen MR) is 112 cm³/mol. The van der Waals surface area contributed by atoms with Crippen molar-refractivity contribution in [2.45, 2.75) is 19.4 Å². The molecule has 0 radical (unpaired) electrons. The third-order valence-corrected chi connectivity index (χ3v) is 5.40. The number of aromatic nitrogens is 1. The number of amides is 1. The van der Waals surface area contributed by atoms with Crippen molar-refractivity contribution in [3.63, 3.8) is 0 Å². The van der Waals surface area contributed by atoms with Gasteiger partial charge in [0.15, 0.2) is 5.58 Å². The zero-order valence-corrected chi connectivity index (χ0v) is 16.4. The van der Waals surface area contributed by atoms with E-state index in [0.29, 0.717) is 51.1 Å². The third kappa shape index (κ3) is 4.05. The van der Waals surface area contributed by atoms with Gasteiger partial charge in [-0.05, 0) is 30.7 Å². The Hall–Kier alpha value is -3.62. The summed E-state index contributed by atoms with van der Waals surface area (Å²) in [4.78, 5) is 38.9. The van der Waals surface area contributed by atoms with Crippen LogP contribution in [0.1, 0.15) is 12.8 Å². The number of rotatable bonds is 6. The number of fused-ring (bicyclic) bond motifs is 1. The summed E-state index contributed by atoms with van der Waals surface area (Å²) in [5, 5.41) is 10.8. The highest BCUT2D eigenvalue weighted by Gasteiger charge is 2.21. The number of hydrogen-bond acceptors (Lipinski definition) is 6. The first-order valence-corrected chi connectivity index (χ1v) is 9.88. The van der Waals surface area contributed by atoms with Gasteiger partial charge in [0.05, 0.1) is 10.4 Å². The molecule has 9 heteroatoms. The van der Waals surface area contributed by atoms with E-state index in [1.54, 1.807) is 22.8 Å². The van der Waals surface area contributed by atoms with E-state index >= 15 is 0 Å². The third-order valence-electron chi connectivity index (χ3n) is 5.40. The van der Waals surface area contributed by atoms with Gasteiger partial charge < -0.3 is 14.2 Å². The molecule has 1 aliphatic heterocycles. The molecule has 0 N–H and O–H groups in total. The summed E-state index contributed by atoms with van der Waals surface area (Å²) in [6.45, 7) is 2.99. The fraction of sp³-hybridized carbons (Fsp3) is 0.333. The molecular weight excluding hydrogens is 388 g/mol. The summed E-state index contributed by atoms with van der Waals surface area (Å²) < 4.78 is 6.78. The Morgan fingerprint density at radius 1 is 1.03 bits per heavy atom. The van der Waals surface area contributed by atoms with Crippen LogP contribution in [0.25, 0.3) is 11.1 Å². The lowest BCUT2D eigenvalue weighted by Gasteiger charge is -2.36. The van der Waals surface area contributed by atoms with Crippen LogP contribution in [0.2, 0.25) is 0 Å². The van der Waals surface area contributed by atoms with Gasteiger partial charge in [-0.1, -0.05) is 12.1 Å². The van der Waals surface area contributed by atoms with E-state index in [2.05, 4.69) is 4.90 Å². The smallest absolute Gasteiger partial charge is 0.408 e. The van der Waals surface area contributed by atoms with Crippen LogP contribution in [-0.4, -0.2) is 46.5 Å². The standard InChI is InChI=1S/C21H22N4O5/c26-20(6-3-11-24-18-4-1-2-5-19(18)30-21(24)27)23-14-12-22(13-15-23)16-7-9-17(10-8-16)25(28)29/h1-2,4-5,7-10H,3,6,11-15H2. The number of anilines is 1. The minimum absolute atomic E-state index is 0.0667. The molecule has 0 atom stereocenters. The molecule has 30 heavy (non-hydrogen) atoms. The predicted octanol–water partition coefficient (Wildman–Crippen LogP) is 2.63. The highest BCUT2D eigenvalue weighted by atomic mass is 16.6. The Kier molecular flexibility index (Phi) is 5.51. The summed E-state index contributed by atoms with van der Waals surface area (Å²) in [6, 6.07) is 13.7. The van der Waals surface area contributed by atoms with Crippen LogP contribution in [0.3, 0.4) is 0 Å². The topological polar surface area (TPSA) is 102 Å². The van der Waals surface area contributed by atoms with Gasteiger partial charge in [-0.15, -0.1) is 0 Å². The summed E-state index contributed by atoms with van der Waals surface area (Å²) in [6.07, 6.45) is 0.925. The molecule has 0 spiro atoms. The van der Waals surface area contributed by atoms with E-state index in [0.717, 1.165) is 11.2 Å². The maximum absolute atomic E-state index is 12.6. The van der Waals surface area contributed by atoms with Gasteiger partial charge in [0, 0.05) is 57.0 Å². The molecule has 1 aromatic heterocycles. The van der Waals surface area contributed by atoms with Crippen molar-refractivity contribution in [2.75, 3.05) is 31.1 Å². The number of hydrogen-bond donors (Lipinski definition) is 0. The number of carbonyl (C=O) groups excluding carboxylic acids is 1. The number of nitrogens with zero attached hydrogens (tertiary/aromatic N) is 4. The van der Waals surface area contributed by atoms with Crippen molar-refractivity contribution in [2.24, 2.45) is 0 Å². The van der Waals surface area contributed by atoms with Crippen LogP contribution in [0.5, 0.6) is 0 Å². The molecule has 2 aromatic carbocycles.